The van der Waals surface area contributed by atoms with Crippen LogP contribution in [-0.2, 0) is 15.8 Å². The molecule has 0 saturated carbocycles. The molecule has 1 saturated heterocycles. The van der Waals surface area contributed by atoms with Crippen LogP contribution in [0.15, 0.2) is 54.6 Å². The molecule has 0 bridgehead atoms. The average Bonchev–Trinajstić information content (AvgIpc) is 2.70. The summed E-state index contributed by atoms with van der Waals surface area (Å²) < 4.78 is 44.0. The first-order chi connectivity index (χ1) is 14.1. The fourth-order valence-corrected chi connectivity index (χ4v) is 3.15. The van der Waals surface area contributed by atoms with Gasteiger partial charge in [0.2, 0.25) is 0 Å². The standard InChI is InChI=1S/C19H20F3NO.C2H2O4/c1-23-12-11-18(17(13-23)14-5-3-2-4-6-14)24-16-9-7-15(8-10-16)19(20,21)22;3-1(4)2(5)6/h2-10,17-18H,11-13H2,1H3;(H,3,4)(H,5,6)/t17-,18+;/m1./s1. The van der Waals surface area contributed by atoms with Crippen LogP contribution < -0.4 is 4.74 Å². The van der Waals surface area contributed by atoms with E-state index in [0.717, 1.165) is 31.6 Å². The molecule has 0 spiro atoms. The molecule has 0 aromatic heterocycles. The molecule has 0 unspecified atom stereocenters. The Morgan fingerprint density at radius 3 is 2.07 bits per heavy atom. The number of carbonyl (C=O) groups is 2. The Morgan fingerprint density at radius 1 is 1.00 bits per heavy atom. The number of nitrogens with zero attached hydrogens (tertiary/aromatic N) is 1. The van der Waals surface area contributed by atoms with E-state index >= 15 is 0 Å². The van der Waals surface area contributed by atoms with Crippen molar-refractivity contribution in [2.24, 2.45) is 0 Å². The molecule has 2 aromatic rings. The normalized spacial score (nSPS) is 19.3. The van der Waals surface area contributed by atoms with Gasteiger partial charge < -0.3 is 19.8 Å². The number of halogens is 3. The van der Waals surface area contributed by atoms with Gasteiger partial charge >= 0.3 is 18.1 Å². The molecule has 0 radical (unpaired) electrons. The average molecular weight is 425 g/mol. The number of hydrogen-bond donors (Lipinski definition) is 2. The second kappa shape index (κ2) is 10.1. The van der Waals surface area contributed by atoms with Crippen LogP contribution in [0, 0.1) is 0 Å². The number of alkyl halides is 3. The number of carboxylic acid groups (broad SMARTS) is 2. The van der Waals surface area contributed by atoms with Gasteiger partial charge in [0, 0.05) is 19.0 Å². The SMILES string of the molecule is CN1CC[C@H](Oc2ccc(C(F)(F)F)cc2)[C@@H](c2ccccc2)C1.O=C(O)C(=O)O. The molecule has 1 heterocycles. The summed E-state index contributed by atoms with van der Waals surface area (Å²) in [4.78, 5) is 20.5. The second-order valence-corrected chi connectivity index (χ2v) is 6.86. The molecule has 1 aliphatic heterocycles. The number of piperidine rings is 1. The second-order valence-electron chi connectivity index (χ2n) is 6.86. The zero-order valence-electron chi connectivity index (χ0n) is 16.2. The number of likely N-dealkylation sites (N-methyl/N-ethyl adjacent to an activating group) is 1. The summed E-state index contributed by atoms with van der Waals surface area (Å²) in [7, 11) is 2.07. The van der Waals surface area contributed by atoms with Gasteiger partial charge in [0.05, 0.1) is 5.56 Å². The molecular formula is C21H22F3NO5. The predicted molar refractivity (Wildman–Crippen MR) is 102 cm³/mol. The lowest BCUT2D eigenvalue weighted by Crippen LogP contribution is -2.42. The zero-order chi connectivity index (χ0) is 22.3. The van der Waals surface area contributed by atoms with Gasteiger partial charge in [0.15, 0.2) is 0 Å². The molecule has 2 atom stereocenters. The third kappa shape index (κ3) is 6.77. The van der Waals surface area contributed by atoms with Crippen LogP contribution in [0.2, 0.25) is 0 Å². The van der Waals surface area contributed by atoms with E-state index in [2.05, 4.69) is 24.1 Å². The maximum absolute atomic E-state index is 12.7. The minimum absolute atomic E-state index is 0.0414. The van der Waals surface area contributed by atoms with Gasteiger partial charge in [-0.05, 0) is 43.3 Å². The van der Waals surface area contributed by atoms with E-state index in [0.29, 0.717) is 5.75 Å². The molecule has 30 heavy (non-hydrogen) atoms. The van der Waals surface area contributed by atoms with Crippen LogP contribution in [0.4, 0.5) is 13.2 Å². The number of likely N-dealkylation sites (tertiary alicyclic amines) is 1. The van der Waals surface area contributed by atoms with Gasteiger partial charge in [-0.1, -0.05) is 30.3 Å². The van der Waals surface area contributed by atoms with Crippen molar-refractivity contribution in [2.45, 2.75) is 24.6 Å². The number of ether oxygens (including phenoxy) is 1. The van der Waals surface area contributed by atoms with Crippen molar-refractivity contribution >= 4 is 11.9 Å². The maximum atomic E-state index is 12.7. The Bertz CT molecular complexity index is 828. The molecule has 162 valence electrons. The van der Waals surface area contributed by atoms with Crippen LogP contribution in [0.3, 0.4) is 0 Å². The van der Waals surface area contributed by atoms with E-state index in [1.165, 1.54) is 17.7 Å². The highest BCUT2D eigenvalue weighted by Crippen LogP contribution is 2.33. The lowest BCUT2D eigenvalue weighted by molar-refractivity contribution is -0.159. The van der Waals surface area contributed by atoms with Crippen LogP contribution >= 0.6 is 0 Å². The minimum Gasteiger partial charge on any atom is -0.490 e. The molecule has 1 aliphatic rings. The first-order valence-corrected chi connectivity index (χ1v) is 9.11. The third-order valence-electron chi connectivity index (χ3n) is 4.63. The van der Waals surface area contributed by atoms with Gasteiger partial charge in [0.1, 0.15) is 11.9 Å². The van der Waals surface area contributed by atoms with Crippen molar-refractivity contribution in [2.75, 3.05) is 20.1 Å². The summed E-state index contributed by atoms with van der Waals surface area (Å²) in [5.74, 6) is -2.96. The molecule has 1 fully saturated rings. The Balaban J connectivity index is 0.000000469. The first kappa shape index (κ1) is 23.2. The number of carboxylic acids is 2. The highest BCUT2D eigenvalue weighted by molar-refractivity contribution is 6.27. The van der Waals surface area contributed by atoms with Crippen LogP contribution in [0.5, 0.6) is 5.75 Å². The van der Waals surface area contributed by atoms with E-state index < -0.39 is 23.7 Å². The molecular weight excluding hydrogens is 403 g/mol. The topological polar surface area (TPSA) is 87.1 Å². The van der Waals surface area contributed by atoms with Crippen molar-refractivity contribution in [1.82, 2.24) is 4.90 Å². The summed E-state index contributed by atoms with van der Waals surface area (Å²) in [5, 5.41) is 14.8. The highest BCUT2D eigenvalue weighted by atomic mass is 19.4. The fraction of sp³-hybridized carbons (Fsp3) is 0.333. The lowest BCUT2D eigenvalue weighted by atomic mass is 9.88. The lowest BCUT2D eigenvalue weighted by Gasteiger charge is -2.37. The van der Waals surface area contributed by atoms with Gasteiger partial charge in [-0.3, -0.25) is 0 Å². The van der Waals surface area contributed by atoms with Gasteiger partial charge in [0.25, 0.3) is 0 Å². The zero-order valence-corrected chi connectivity index (χ0v) is 16.2. The Morgan fingerprint density at radius 2 is 1.57 bits per heavy atom. The molecule has 6 nitrogen and oxygen atoms in total. The monoisotopic (exact) mass is 425 g/mol. The van der Waals surface area contributed by atoms with Crippen LogP contribution in [0.1, 0.15) is 23.5 Å². The van der Waals surface area contributed by atoms with E-state index in [1.807, 2.05) is 18.2 Å². The summed E-state index contributed by atoms with van der Waals surface area (Å²) >= 11 is 0. The molecule has 0 amide bonds. The largest absolute Gasteiger partial charge is 0.490 e. The summed E-state index contributed by atoms with van der Waals surface area (Å²) in [5.41, 5.74) is 0.541. The quantitative estimate of drug-likeness (QED) is 0.729. The first-order valence-electron chi connectivity index (χ1n) is 9.11. The van der Waals surface area contributed by atoms with Gasteiger partial charge in [-0.25, -0.2) is 9.59 Å². The molecule has 9 heteroatoms. The smallest absolute Gasteiger partial charge is 0.416 e. The van der Waals surface area contributed by atoms with E-state index in [1.54, 1.807) is 0 Å². The van der Waals surface area contributed by atoms with E-state index in [9.17, 15) is 13.2 Å². The summed E-state index contributed by atoms with van der Waals surface area (Å²) in [6.45, 7) is 1.78. The highest BCUT2D eigenvalue weighted by Gasteiger charge is 2.32. The Kier molecular flexibility index (Phi) is 7.82. The van der Waals surface area contributed by atoms with Crippen molar-refractivity contribution in [3.63, 3.8) is 0 Å². The van der Waals surface area contributed by atoms with Gasteiger partial charge in [-0.2, -0.15) is 13.2 Å². The number of aliphatic carboxylic acids is 2. The Hall–Kier alpha value is -3.07. The van der Waals surface area contributed by atoms with E-state index in [-0.39, 0.29) is 12.0 Å². The van der Waals surface area contributed by atoms with Gasteiger partial charge in [-0.15, -0.1) is 0 Å². The van der Waals surface area contributed by atoms with Crippen molar-refractivity contribution < 1.29 is 37.7 Å². The molecule has 3 rings (SSSR count). The number of benzene rings is 2. The molecule has 2 aromatic carbocycles. The molecule has 0 aliphatic carbocycles. The van der Waals surface area contributed by atoms with Crippen molar-refractivity contribution in [3.05, 3.63) is 65.7 Å². The molecule has 2 N–H and O–H groups in total. The summed E-state index contributed by atoms with van der Waals surface area (Å²) in [6, 6.07) is 15.1. The Labute approximate surface area is 171 Å². The van der Waals surface area contributed by atoms with Crippen molar-refractivity contribution in [1.29, 1.82) is 0 Å². The fourth-order valence-electron chi connectivity index (χ4n) is 3.15. The predicted octanol–water partition coefficient (Wildman–Crippen LogP) is 3.73. The van der Waals surface area contributed by atoms with E-state index in [4.69, 9.17) is 24.5 Å². The number of rotatable bonds is 3. The maximum Gasteiger partial charge on any atom is 0.416 e. The minimum atomic E-state index is -4.32. The van der Waals surface area contributed by atoms with Crippen LogP contribution in [-0.4, -0.2) is 53.3 Å². The third-order valence-corrected chi connectivity index (χ3v) is 4.63. The summed E-state index contributed by atoms with van der Waals surface area (Å²) in [6.07, 6.45) is -3.52. The number of hydrogen-bond acceptors (Lipinski definition) is 4. The van der Waals surface area contributed by atoms with Crippen molar-refractivity contribution in [3.8, 4) is 5.75 Å². The van der Waals surface area contributed by atoms with Crippen LogP contribution in [0.25, 0.3) is 0 Å².